The Morgan fingerprint density at radius 3 is 2.62 bits per heavy atom. The number of piperidine rings is 1. The van der Waals surface area contributed by atoms with Gasteiger partial charge in [-0.05, 0) is 50.3 Å². The van der Waals surface area contributed by atoms with Gasteiger partial charge in [-0.15, -0.1) is 24.0 Å². The van der Waals surface area contributed by atoms with Gasteiger partial charge in [0.1, 0.15) is 5.75 Å². The molecular formula is C18H29IN4O3. The second-order valence-corrected chi connectivity index (χ2v) is 6.14. The van der Waals surface area contributed by atoms with Crippen molar-refractivity contribution in [1.82, 2.24) is 10.2 Å². The number of hydrogen-bond donors (Lipinski definition) is 3. The molecule has 1 aliphatic heterocycles. The van der Waals surface area contributed by atoms with Crippen LogP contribution < -0.4 is 11.1 Å². The van der Waals surface area contributed by atoms with Crippen LogP contribution in [-0.2, 0) is 11.2 Å². The van der Waals surface area contributed by atoms with E-state index in [4.69, 9.17) is 10.5 Å². The lowest BCUT2D eigenvalue weighted by Gasteiger charge is -2.31. The van der Waals surface area contributed by atoms with E-state index in [1.165, 1.54) is 5.56 Å². The number of aromatic hydroxyl groups is 1. The molecule has 0 aromatic heterocycles. The molecule has 1 aliphatic rings. The first-order valence-corrected chi connectivity index (χ1v) is 8.84. The van der Waals surface area contributed by atoms with Crippen molar-refractivity contribution in [3.63, 3.8) is 0 Å². The van der Waals surface area contributed by atoms with E-state index < -0.39 is 0 Å². The number of aryl methyl sites for hydroxylation is 1. The Kier molecular flexibility index (Phi) is 10.2. The molecule has 1 aromatic rings. The number of phenolic OH excluding ortho intramolecular Hbond substituents is 1. The zero-order chi connectivity index (χ0) is 18.1. The zero-order valence-corrected chi connectivity index (χ0v) is 17.5. The van der Waals surface area contributed by atoms with Crippen molar-refractivity contribution in [2.45, 2.75) is 38.6 Å². The number of amides is 1. The van der Waals surface area contributed by atoms with Gasteiger partial charge in [0.15, 0.2) is 5.96 Å². The van der Waals surface area contributed by atoms with Gasteiger partial charge in [-0.1, -0.05) is 12.1 Å². The summed E-state index contributed by atoms with van der Waals surface area (Å²) in [6, 6.07) is 7.45. The molecular weight excluding hydrogens is 447 g/mol. The average molecular weight is 476 g/mol. The normalized spacial score (nSPS) is 15.3. The lowest BCUT2D eigenvalue weighted by Crippen LogP contribution is -2.48. The standard InChI is InChI=1S/C18H28N4O3.HI/c1-2-25-18(24)22-12-9-15(10-13-22)21-17(19)20-11-3-4-14-5-7-16(23)8-6-14;/h5-8,15,23H,2-4,9-13H2,1H3,(H3,19,20,21);1H. The van der Waals surface area contributed by atoms with Crippen molar-refractivity contribution >= 4 is 36.0 Å². The number of ether oxygens (including phenoxy) is 1. The Morgan fingerprint density at radius 2 is 2.00 bits per heavy atom. The van der Waals surface area contributed by atoms with Crippen LogP contribution in [0.3, 0.4) is 0 Å². The summed E-state index contributed by atoms with van der Waals surface area (Å²) < 4.78 is 5.01. The number of nitrogens with two attached hydrogens (primary N) is 1. The number of rotatable bonds is 6. The minimum absolute atomic E-state index is 0. The second kappa shape index (κ2) is 11.8. The van der Waals surface area contributed by atoms with Gasteiger partial charge in [-0.3, -0.25) is 4.99 Å². The summed E-state index contributed by atoms with van der Waals surface area (Å²) in [6.45, 7) is 4.21. The van der Waals surface area contributed by atoms with Crippen molar-refractivity contribution in [3.8, 4) is 5.75 Å². The number of carbonyl (C=O) groups excluding carboxylic acids is 1. The minimum Gasteiger partial charge on any atom is -0.508 e. The van der Waals surface area contributed by atoms with E-state index in [0.29, 0.717) is 32.2 Å². The monoisotopic (exact) mass is 476 g/mol. The molecule has 146 valence electrons. The number of benzene rings is 1. The zero-order valence-electron chi connectivity index (χ0n) is 15.2. The third kappa shape index (κ3) is 7.67. The third-order valence-corrected chi connectivity index (χ3v) is 4.22. The van der Waals surface area contributed by atoms with Gasteiger partial charge in [-0.25, -0.2) is 4.79 Å². The number of phenols is 1. The van der Waals surface area contributed by atoms with Gasteiger partial charge < -0.3 is 25.8 Å². The van der Waals surface area contributed by atoms with Gasteiger partial charge in [0.2, 0.25) is 0 Å². The highest BCUT2D eigenvalue weighted by Crippen LogP contribution is 2.12. The minimum atomic E-state index is -0.239. The largest absolute Gasteiger partial charge is 0.508 e. The number of hydrogen-bond acceptors (Lipinski definition) is 4. The lowest BCUT2D eigenvalue weighted by molar-refractivity contribution is 0.0963. The SMILES string of the molecule is CCOC(=O)N1CCC(NC(N)=NCCCc2ccc(O)cc2)CC1.I. The Morgan fingerprint density at radius 1 is 1.35 bits per heavy atom. The Bertz CT molecular complexity index is 572. The van der Waals surface area contributed by atoms with Crippen molar-refractivity contribution < 1.29 is 14.6 Å². The fraction of sp³-hybridized carbons (Fsp3) is 0.556. The average Bonchev–Trinajstić information content (AvgIpc) is 2.61. The highest BCUT2D eigenvalue weighted by Gasteiger charge is 2.23. The first kappa shape index (κ1) is 22.3. The predicted octanol–water partition coefficient (Wildman–Crippen LogP) is 2.47. The topological polar surface area (TPSA) is 100 Å². The van der Waals surface area contributed by atoms with Gasteiger partial charge in [0, 0.05) is 25.7 Å². The number of likely N-dealkylation sites (tertiary alicyclic amines) is 1. The van der Waals surface area contributed by atoms with Gasteiger partial charge in [0.25, 0.3) is 0 Å². The molecule has 1 heterocycles. The smallest absolute Gasteiger partial charge is 0.409 e. The summed E-state index contributed by atoms with van der Waals surface area (Å²) in [5.74, 6) is 0.740. The molecule has 0 radical (unpaired) electrons. The number of aliphatic imine (C=N–C) groups is 1. The van der Waals surface area contributed by atoms with Gasteiger partial charge in [-0.2, -0.15) is 0 Å². The Balaban J connectivity index is 0.00000338. The molecule has 1 aromatic carbocycles. The molecule has 26 heavy (non-hydrogen) atoms. The first-order chi connectivity index (χ1) is 12.1. The maximum Gasteiger partial charge on any atom is 0.409 e. The van der Waals surface area contributed by atoms with Crippen LogP contribution in [0.15, 0.2) is 29.3 Å². The molecule has 0 saturated carbocycles. The number of carbonyl (C=O) groups is 1. The van der Waals surface area contributed by atoms with Crippen molar-refractivity contribution in [3.05, 3.63) is 29.8 Å². The fourth-order valence-electron chi connectivity index (χ4n) is 2.82. The number of nitrogens with one attached hydrogen (secondary N) is 1. The van der Waals surface area contributed by atoms with E-state index in [9.17, 15) is 9.90 Å². The summed E-state index contributed by atoms with van der Waals surface area (Å²) in [6.07, 6.45) is 3.23. The van der Waals surface area contributed by atoms with Gasteiger partial charge in [0.05, 0.1) is 6.61 Å². The molecule has 2 rings (SSSR count). The van der Waals surface area contributed by atoms with Crippen LogP contribution in [0.1, 0.15) is 31.7 Å². The van der Waals surface area contributed by atoms with Crippen LogP contribution in [0, 0.1) is 0 Å². The maximum absolute atomic E-state index is 11.7. The van der Waals surface area contributed by atoms with E-state index >= 15 is 0 Å². The molecule has 7 nitrogen and oxygen atoms in total. The molecule has 0 spiro atoms. The molecule has 1 saturated heterocycles. The molecule has 0 aliphatic carbocycles. The number of nitrogens with zero attached hydrogens (tertiary/aromatic N) is 2. The molecule has 1 amide bonds. The summed E-state index contributed by atoms with van der Waals surface area (Å²) in [4.78, 5) is 17.7. The molecule has 0 unspecified atom stereocenters. The molecule has 4 N–H and O–H groups in total. The van der Waals surface area contributed by atoms with E-state index in [0.717, 1.165) is 25.7 Å². The summed E-state index contributed by atoms with van der Waals surface area (Å²) in [7, 11) is 0. The van der Waals surface area contributed by atoms with Crippen LogP contribution in [0.5, 0.6) is 5.75 Å². The summed E-state index contributed by atoms with van der Waals surface area (Å²) in [5, 5.41) is 12.5. The van der Waals surface area contributed by atoms with Crippen molar-refractivity contribution in [1.29, 1.82) is 0 Å². The predicted molar refractivity (Wildman–Crippen MR) is 113 cm³/mol. The van der Waals surface area contributed by atoms with E-state index in [1.54, 1.807) is 17.0 Å². The lowest BCUT2D eigenvalue weighted by atomic mass is 10.1. The van der Waals surface area contributed by atoms with Crippen molar-refractivity contribution in [2.24, 2.45) is 10.7 Å². The molecule has 0 atom stereocenters. The first-order valence-electron chi connectivity index (χ1n) is 8.84. The fourth-order valence-corrected chi connectivity index (χ4v) is 2.82. The van der Waals surface area contributed by atoms with Crippen LogP contribution in [0.2, 0.25) is 0 Å². The highest BCUT2D eigenvalue weighted by atomic mass is 127. The summed E-state index contributed by atoms with van der Waals surface area (Å²) >= 11 is 0. The van der Waals surface area contributed by atoms with E-state index in [2.05, 4.69) is 10.3 Å². The van der Waals surface area contributed by atoms with Crippen LogP contribution in [0.25, 0.3) is 0 Å². The summed E-state index contributed by atoms with van der Waals surface area (Å²) in [5.41, 5.74) is 7.12. The number of halogens is 1. The second-order valence-electron chi connectivity index (χ2n) is 6.14. The van der Waals surface area contributed by atoms with Crippen molar-refractivity contribution in [2.75, 3.05) is 26.2 Å². The Labute approximate surface area is 172 Å². The maximum atomic E-state index is 11.7. The van der Waals surface area contributed by atoms with Crippen LogP contribution >= 0.6 is 24.0 Å². The molecule has 8 heteroatoms. The quantitative estimate of drug-likeness (QED) is 0.254. The Hall–Kier alpha value is -1.71. The highest BCUT2D eigenvalue weighted by molar-refractivity contribution is 14.0. The molecule has 1 fully saturated rings. The van der Waals surface area contributed by atoms with Crippen LogP contribution in [0.4, 0.5) is 4.79 Å². The van der Waals surface area contributed by atoms with Crippen LogP contribution in [-0.4, -0.2) is 54.3 Å². The van der Waals surface area contributed by atoms with E-state index in [1.807, 2.05) is 19.1 Å². The van der Waals surface area contributed by atoms with Gasteiger partial charge >= 0.3 is 6.09 Å². The molecule has 0 bridgehead atoms. The number of guanidine groups is 1. The third-order valence-electron chi connectivity index (χ3n) is 4.22. The van der Waals surface area contributed by atoms with E-state index in [-0.39, 0.29) is 41.9 Å².